The van der Waals surface area contributed by atoms with Crippen LogP contribution in [0.3, 0.4) is 0 Å². The van der Waals surface area contributed by atoms with Crippen LogP contribution in [0, 0.1) is 23.7 Å². The molecule has 2 amide bonds. The van der Waals surface area contributed by atoms with Gasteiger partial charge in [0.15, 0.2) is 0 Å². The van der Waals surface area contributed by atoms with Crippen molar-refractivity contribution in [2.24, 2.45) is 29.4 Å². The van der Waals surface area contributed by atoms with E-state index in [1.54, 1.807) is 0 Å². The minimum absolute atomic E-state index is 0.0133. The zero-order valence-corrected chi connectivity index (χ0v) is 32.9. The monoisotopic (exact) mass is 828 g/mol. The van der Waals surface area contributed by atoms with E-state index >= 15 is 0 Å². The lowest BCUT2D eigenvalue weighted by Gasteiger charge is -2.19. The van der Waals surface area contributed by atoms with Crippen molar-refractivity contribution in [1.29, 1.82) is 0 Å². The Morgan fingerprint density at radius 1 is 0.800 bits per heavy atom. The zero-order valence-electron chi connectivity index (χ0n) is 31.3. The molecule has 0 spiro atoms. The van der Waals surface area contributed by atoms with Crippen molar-refractivity contribution in [1.82, 2.24) is 4.90 Å². The van der Waals surface area contributed by atoms with Crippen molar-refractivity contribution in [2.75, 3.05) is 26.3 Å². The summed E-state index contributed by atoms with van der Waals surface area (Å²) in [5.41, 5.74) is 4.84. The summed E-state index contributed by atoms with van der Waals surface area (Å²) in [6.45, 7) is 3.27. The highest BCUT2D eigenvalue weighted by Crippen LogP contribution is 2.32. The number of nitrogens with zero attached hydrogens (tertiary/aromatic N) is 1. The van der Waals surface area contributed by atoms with Crippen LogP contribution >= 0.6 is 0 Å². The first kappa shape index (κ1) is 51.4. The molecule has 0 aromatic carbocycles. The van der Waals surface area contributed by atoms with Gasteiger partial charge in [-0.25, -0.2) is 8.37 Å². The first-order valence-electron chi connectivity index (χ1n) is 18.0. The Morgan fingerprint density at radius 2 is 1.27 bits per heavy atom. The van der Waals surface area contributed by atoms with E-state index in [-0.39, 0.29) is 57.2 Å². The maximum atomic E-state index is 12.6. The van der Waals surface area contributed by atoms with Crippen LogP contribution in [0.1, 0.15) is 104 Å². The number of esters is 2. The first-order valence-corrected chi connectivity index (χ1v) is 20.8. The van der Waals surface area contributed by atoms with Crippen LogP contribution in [0.2, 0.25) is 0 Å². The van der Waals surface area contributed by atoms with Gasteiger partial charge in [0.2, 0.25) is 11.8 Å². The van der Waals surface area contributed by atoms with E-state index in [1.165, 1.54) is 0 Å². The number of nitrogens with two attached hydrogens (primary N) is 1. The number of imide groups is 1. The molecular weight excluding hydrogens is 773 g/mol. The van der Waals surface area contributed by atoms with Gasteiger partial charge in [-0.3, -0.25) is 42.8 Å². The Balaban J connectivity index is 0.000000910. The van der Waals surface area contributed by atoms with Gasteiger partial charge in [-0.15, -0.1) is 0 Å². The molecule has 55 heavy (non-hydrogen) atoms. The van der Waals surface area contributed by atoms with Crippen molar-refractivity contribution in [3.05, 3.63) is 24.3 Å². The highest BCUT2D eigenvalue weighted by Gasteiger charge is 2.42. The second-order valence-corrected chi connectivity index (χ2v) is 14.8. The van der Waals surface area contributed by atoms with E-state index in [1.807, 2.05) is 24.3 Å². The lowest BCUT2D eigenvalue weighted by molar-refractivity contribution is -0.153. The predicted molar refractivity (Wildman–Crippen MR) is 195 cm³/mol. The third-order valence-electron chi connectivity index (χ3n) is 8.18. The average molecular weight is 829 g/mol. The maximum Gasteiger partial charge on any atom is 0.397 e. The number of carbonyl (C=O) groups excluding carboxylic acids is 4. The molecule has 0 radical (unpaired) electrons. The smallest absolute Gasteiger partial charge is 0.397 e. The number of carbonyl (C=O) groups is 6. The Labute approximate surface area is 322 Å². The summed E-state index contributed by atoms with van der Waals surface area (Å²) in [6.07, 6.45) is 15.9. The number of rotatable bonds is 25. The number of cyclic esters (lactones) is 2. The van der Waals surface area contributed by atoms with Gasteiger partial charge in [0.1, 0.15) is 0 Å². The molecule has 19 nitrogen and oxygen atoms in total. The van der Waals surface area contributed by atoms with E-state index in [0.717, 1.165) is 43.4 Å². The van der Waals surface area contributed by atoms with Crippen molar-refractivity contribution < 1.29 is 78.0 Å². The highest BCUT2D eigenvalue weighted by molar-refractivity contribution is 7.81. The van der Waals surface area contributed by atoms with Crippen molar-refractivity contribution in [3.63, 3.8) is 0 Å². The molecule has 2 aliphatic heterocycles. The van der Waals surface area contributed by atoms with Crippen LogP contribution in [0.5, 0.6) is 0 Å². The van der Waals surface area contributed by atoms with E-state index < -0.39 is 74.9 Å². The Bertz CT molecular complexity index is 1510. The molecule has 0 aliphatic carbocycles. The number of amides is 2. The van der Waals surface area contributed by atoms with Gasteiger partial charge in [-0.1, -0.05) is 63.8 Å². The molecule has 0 saturated carbocycles. The Kier molecular flexibility index (Phi) is 26.1. The first-order chi connectivity index (χ1) is 25.8. The fourth-order valence-electron chi connectivity index (χ4n) is 5.51. The lowest BCUT2D eigenvalue weighted by atomic mass is 9.86. The standard InChI is InChI=1S/C17H27NO8S.C15H22O5.C2H7NO4S/c1-2-3-4-5-7-13(8-6-9-16(20)21)14-12-15(19)18(17(14)22)10-11-26-27(23,24)25;1-2-3-4-5-7-11(8-6-9-13(16)17)12-10-14(18)20-15(12)19;3-1-2-7-8(4,5)6/h5,7,13-14H,2-4,6,8-12H2,1H3,(H,20,21)(H,23,24,25);5,7,11-12H,2-4,6,8-10H2,1H3,(H,16,17);1-3H2,(H,4,5,6)/b2*7-5-;. The molecule has 4 unspecified atom stereocenters. The minimum atomic E-state index is -4.63. The van der Waals surface area contributed by atoms with E-state index in [0.29, 0.717) is 25.7 Å². The van der Waals surface area contributed by atoms with Gasteiger partial charge < -0.3 is 20.7 Å². The highest BCUT2D eigenvalue weighted by atomic mass is 32.3. The van der Waals surface area contributed by atoms with E-state index in [2.05, 4.69) is 27.0 Å². The molecule has 316 valence electrons. The largest absolute Gasteiger partial charge is 0.481 e. The summed E-state index contributed by atoms with van der Waals surface area (Å²) in [5, 5.41) is 17.5. The summed E-state index contributed by atoms with van der Waals surface area (Å²) in [5.74, 6) is -5.00. The number of hydrogen-bond donors (Lipinski definition) is 5. The molecule has 0 aromatic heterocycles. The molecule has 0 bridgehead atoms. The fraction of sp³-hybridized carbons (Fsp3) is 0.706. The van der Waals surface area contributed by atoms with E-state index in [4.69, 9.17) is 25.1 Å². The molecule has 21 heteroatoms. The summed E-state index contributed by atoms with van der Waals surface area (Å²) in [4.78, 5) is 69.7. The molecule has 2 fully saturated rings. The van der Waals surface area contributed by atoms with E-state index in [9.17, 15) is 45.6 Å². The van der Waals surface area contributed by atoms with Crippen LogP contribution in [-0.2, 0) is 62.7 Å². The normalized spacial score (nSPS) is 18.5. The van der Waals surface area contributed by atoms with Crippen molar-refractivity contribution in [3.8, 4) is 0 Å². The van der Waals surface area contributed by atoms with Gasteiger partial charge in [0.25, 0.3) is 0 Å². The summed E-state index contributed by atoms with van der Waals surface area (Å²) < 4.78 is 69.4. The quantitative estimate of drug-likeness (QED) is 0.0220. The lowest BCUT2D eigenvalue weighted by Crippen LogP contribution is -2.35. The summed E-state index contributed by atoms with van der Waals surface area (Å²) >= 11 is 0. The number of aliphatic carboxylic acids is 2. The molecule has 2 aliphatic rings. The number of carboxylic acids is 2. The third-order valence-corrected chi connectivity index (χ3v) is 9.11. The summed E-state index contributed by atoms with van der Waals surface area (Å²) in [7, 11) is -8.90. The maximum absolute atomic E-state index is 12.6. The van der Waals surface area contributed by atoms with Gasteiger partial charge in [-0.05, 0) is 50.4 Å². The van der Waals surface area contributed by atoms with Crippen LogP contribution in [-0.4, -0.2) is 103 Å². The number of likely N-dealkylation sites (tertiary alicyclic amines) is 1. The zero-order chi connectivity index (χ0) is 42.0. The van der Waals surface area contributed by atoms with Crippen LogP contribution in [0.4, 0.5) is 0 Å². The van der Waals surface area contributed by atoms with Crippen LogP contribution in [0.15, 0.2) is 24.3 Å². The van der Waals surface area contributed by atoms with Crippen LogP contribution < -0.4 is 5.73 Å². The van der Waals surface area contributed by atoms with Crippen molar-refractivity contribution >= 4 is 56.5 Å². The summed E-state index contributed by atoms with van der Waals surface area (Å²) in [6, 6.07) is 0. The average Bonchev–Trinajstić information content (AvgIpc) is 3.57. The Morgan fingerprint density at radius 3 is 1.65 bits per heavy atom. The molecular formula is C34H56N2O17S2. The number of hydrogen-bond acceptors (Lipinski definition) is 14. The van der Waals surface area contributed by atoms with Gasteiger partial charge in [0, 0.05) is 25.8 Å². The topological polar surface area (TPSA) is 309 Å². The number of carboxylic acid groups (broad SMARTS) is 2. The molecule has 2 heterocycles. The number of ether oxygens (including phenoxy) is 1. The third kappa shape index (κ3) is 25.2. The Hall–Kier alpha value is -3.60. The second-order valence-electron chi connectivity index (χ2n) is 12.6. The molecule has 2 saturated heterocycles. The fourth-order valence-corrected chi connectivity index (χ4v) is 6.10. The second kappa shape index (κ2) is 27.9. The SMILES string of the molecule is CCCC/C=C\C(CCCC(=O)O)C1CC(=O)N(CCOS(=O)(=O)O)C1=O.CCCC/C=C\C(CCCC(=O)O)C1CC(=O)OC1=O.NCCOS(=O)(=O)O. The van der Waals surface area contributed by atoms with Gasteiger partial charge in [0.05, 0.1) is 38.0 Å². The molecule has 6 N–H and O–H groups in total. The molecule has 0 aromatic rings. The van der Waals surface area contributed by atoms with Gasteiger partial charge >= 0.3 is 44.7 Å². The molecule has 2 rings (SSSR count). The van der Waals surface area contributed by atoms with Gasteiger partial charge in [-0.2, -0.15) is 16.8 Å². The van der Waals surface area contributed by atoms with Crippen molar-refractivity contribution in [2.45, 2.75) is 104 Å². The minimum Gasteiger partial charge on any atom is -0.481 e. The number of allylic oxidation sites excluding steroid dienone is 4. The number of unbranched alkanes of at least 4 members (excludes halogenated alkanes) is 4. The predicted octanol–water partition coefficient (Wildman–Crippen LogP) is 3.26. The van der Waals surface area contributed by atoms with Crippen LogP contribution in [0.25, 0.3) is 0 Å². The molecule has 4 atom stereocenters.